The Labute approximate surface area is 161 Å². The standard InChI is InChI=1S/C20H19N5O3/c1-20(2,3)16-9-17(25-28-16)24-19(27)23-15-6-4-12(5-7-15)14-8-13(10-21)18(26)22-11-14/h4-9,11H,1-3H3,(H,22,26)(H2,23,24,25,27). The van der Waals surface area contributed by atoms with Crippen LogP contribution < -0.4 is 16.2 Å². The van der Waals surface area contributed by atoms with Crippen LogP contribution in [-0.4, -0.2) is 16.2 Å². The van der Waals surface area contributed by atoms with Gasteiger partial charge in [0, 0.05) is 23.4 Å². The van der Waals surface area contributed by atoms with Gasteiger partial charge in [-0.15, -0.1) is 0 Å². The predicted molar refractivity (Wildman–Crippen MR) is 105 cm³/mol. The lowest BCUT2D eigenvalue weighted by Crippen LogP contribution is -2.19. The third kappa shape index (κ3) is 4.27. The van der Waals surface area contributed by atoms with E-state index < -0.39 is 11.6 Å². The maximum atomic E-state index is 12.1. The maximum absolute atomic E-state index is 12.1. The number of benzene rings is 1. The summed E-state index contributed by atoms with van der Waals surface area (Å²) in [6, 6.07) is 11.6. The van der Waals surface area contributed by atoms with Crippen LogP contribution in [0.3, 0.4) is 0 Å². The number of nitrogens with one attached hydrogen (secondary N) is 3. The van der Waals surface area contributed by atoms with Gasteiger partial charge in [0.1, 0.15) is 17.4 Å². The number of anilines is 2. The molecule has 0 aliphatic carbocycles. The molecule has 3 aromatic rings. The molecule has 0 saturated heterocycles. The molecule has 0 atom stereocenters. The minimum atomic E-state index is -0.447. The van der Waals surface area contributed by atoms with Crippen molar-refractivity contribution in [2.45, 2.75) is 26.2 Å². The topological polar surface area (TPSA) is 124 Å². The first-order chi connectivity index (χ1) is 13.3. The van der Waals surface area contributed by atoms with E-state index in [-0.39, 0.29) is 11.0 Å². The van der Waals surface area contributed by atoms with E-state index in [1.54, 1.807) is 30.3 Å². The zero-order valence-corrected chi connectivity index (χ0v) is 15.7. The Morgan fingerprint density at radius 3 is 2.46 bits per heavy atom. The Kier molecular flexibility index (Phi) is 5.00. The average Bonchev–Trinajstić information content (AvgIpc) is 3.11. The van der Waals surface area contributed by atoms with Crippen LogP contribution in [-0.2, 0) is 5.41 Å². The molecule has 142 valence electrons. The van der Waals surface area contributed by atoms with E-state index in [1.807, 2.05) is 26.8 Å². The molecule has 3 rings (SSSR count). The summed E-state index contributed by atoms with van der Waals surface area (Å²) in [5.41, 5.74) is 1.48. The van der Waals surface area contributed by atoms with E-state index >= 15 is 0 Å². The number of hydrogen-bond acceptors (Lipinski definition) is 5. The summed E-state index contributed by atoms with van der Waals surface area (Å²) in [6.45, 7) is 5.96. The second kappa shape index (κ2) is 7.40. The van der Waals surface area contributed by atoms with Crippen molar-refractivity contribution >= 4 is 17.5 Å². The molecule has 0 aliphatic heterocycles. The van der Waals surface area contributed by atoms with Crippen molar-refractivity contribution in [1.82, 2.24) is 10.1 Å². The summed E-state index contributed by atoms with van der Waals surface area (Å²) >= 11 is 0. The predicted octanol–water partition coefficient (Wildman–Crippen LogP) is 3.84. The van der Waals surface area contributed by atoms with Crippen molar-refractivity contribution in [2.24, 2.45) is 0 Å². The molecule has 8 heteroatoms. The summed E-state index contributed by atoms with van der Waals surface area (Å²) in [7, 11) is 0. The van der Waals surface area contributed by atoms with Crippen LogP contribution in [0.2, 0.25) is 0 Å². The first kappa shape index (κ1) is 18.9. The van der Waals surface area contributed by atoms with E-state index in [1.165, 1.54) is 12.3 Å². The quantitative estimate of drug-likeness (QED) is 0.640. The number of amides is 2. The molecule has 0 radical (unpaired) electrons. The Morgan fingerprint density at radius 2 is 1.86 bits per heavy atom. The normalized spacial score (nSPS) is 10.9. The number of H-pyrrole nitrogens is 1. The number of carbonyl (C=O) groups is 1. The molecule has 0 spiro atoms. The highest BCUT2D eigenvalue weighted by Gasteiger charge is 2.20. The summed E-state index contributed by atoms with van der Waals surface area (Å²) in [5, 5.41) is 18.1. The van der Waals surface area contributed by atoms with Crippen LogP contribution in [0.25, 0.3) is 11.1 Å². The van der Waals surface area contributed by atoms with Gasteiger partial charge in [-0.25, -0.2) is 4.79 Å². The largest absolute Gasteiger partial charge is 0.359 e. The number of aromatic nitrogens is 2. The average molecular weight is 377 g/mol. The monoisotopic (exact) mass is 377 g/mol. The molecule has 0 fully saturated rings. The molecule has 0 aliphatic rings. The molecule has 0 unspecified atom stereocenters. The number of pyridine rings is 1. The van der Waals surface area contributed by atoms with Gasteiger partial charge in [-0.3, -0.25) is 10.1 Å². The smallest absolute Gasteiger partial charge is 0.324 e. The van der Waals surface area contributed by atoms with Gasteiger partial charge in [0.05, 0.1) is 0 Å². The second-order valence-electron chi connectivity index (χ2n) is 7.23. The van der Waals surface area contributed by atoms with Gasteiger partial charge in [-0.1, -0.05) is 38.1 Å². The summed E-state index contributed by atoms with van der Waals surface area (Å²) in [5.74, 6) is 1.00. The van der Waals surface area contributed by atoms with Crippen LogP contribution in [0.5, 0.6) is 0 Å². The van der Waals surface area contributed by atoms with E-state index in [2.05, 4.69) is 20.8 Å². The number of hydrogen-bond donors (Lipinski definition) is 3. The Balaban J connectivity index is 1.67. The summed E-state index contributed by atoms with van der Waals surface area (Å²) < 4.78 is 5.23. The molecule has 2 heterocycles. The fourth-order valence-corrected chi connectivity index (χ4v) is 2.45. The minimum Gasteiger partial charge on any atom is -0.359 e. The molecule has 8 nitrogen and oxygen atoms in total. The summed E-state index contributed by atoms with van der Waals surface area (Å²) in [4.78, 5) is 26.1. The fraction of sp³-hybridized carbons (Fsp3) is 0.200. The molecule has 0 saturated carbocycles. The highest BCUT2D eigenvalue weighted by atomic mass is 16.5. The van der Waals surface area contributed by atoms with Gasteiger partial charge in [0.2, 0.25) is 0 Å². The van der Waals surface area contributed by atoms with Crippen molar-refractivity contribution in [2.75, 3.05) is 10.6 Å². The molecular weight excluding hydrogens is 358 g/mol. The number of nitrogens with zero attached hydrogens (tertiary/aromatic N) is 2. The first-order valence-corrected chi connectivity index (χ1v) is 8.55. The third-order valence-corrected chi connectivity index (χ3v) is 3.99. The van der Waals surface area contributed by atoms with Gasteiger partial charge in [0.25, 0.3) is 5.56 Å². The number of aromatic amines is 1. The Morgan fingerprint density at radius 1 is 1.14 bits per heavy atom. The van der Waals surface area contributed by atoms with E-state index in [0.717, 1.165) is 5.56 Å². The zero-order valence-electron chi connectivity index (χ0n) is 15.7. The number of rotatable bonds is 3. The number of urea groups is 1. The third-order valence-electron chi connectivity index (χ3n) is 3.99. The van der Waals surface area contributed by atoms with Crippen molar-refractivity contribution in [3.8, 4) is 17.2 Å². The highest BCUT2D eigenvalue weighted by Crippen LogP contribution is 2.24. The molecule has 2 amide bonds. The number of carbonyl (C=O) groups excluding carboxylic acids is 1. The van der Waals surface area contributed by atoms with Crippen molar-refractivity contribution in [1.29, 1.82) is 5.26 Å². The van der Waals surface area contributed by atoms with Gasteiger partial charge in [0.15, 0.2) is 5.82 Å². The Hall–Kier alpha value is -3.86. The fourth-order valence-electron chi connectivity index (χ4n) is 2.45. The second-order valence-corrected chi connectivity index (χ2v) is 7.23. The van der Waals surface area contributed by atoms with Crippen molar-refractivity contribution < 1.29 is 9.32 Å². The lowest BCUT2D eigenvalue weighted by Gasteiger charge is -2.12. The number of nitriles is 1. The van der Waals surface area contributed by atoms with Gasteiger partial charge in [-0.2, -0.15) is 5.26 Å². The van der Waals surface area contributed by atoms with Crippen LogP contribution in [0.15, 0.2) is 51.9 Å². The van der Waals surface area contributed by atoms with E-state index in [9.17, 15) is 9.59 Å². The molecule has 0 bridgehead atoms. The minimum absolute atomic E-state index is 0.0429. The SMILES string of the molecule is CC(C)(C)c1cc(NC(=O)Nc2ccc(-c3c[nH]c(=O)c(C#N)c3)cc2)no1. The molecular formula is C20H19N5O3. The van der Waals surface area contributed by atoms with Crippen molar-refractivity contribution in [3.63, 3.8) is 0 Å². The zero-order chi connectivity index (χ0) is 20.3. The maximum Gasteiger partial charge on any atom is 0.324 e. The molecule has 2 aromatic heterocycles. The lowest BCUT2D eigenvalue weighted by atomic mass is 9.93. The van der Waals surface area contributed by atoms with Crippen LogP contribution in [0.4, 0.5) is 16.3 Å². The highest BCUT2D eigenvalue weighted by molar-refractivity contribution is 5.99. The van der Waals surface area contributed by atoms with Gasteiger partial charge in [-0.05, 0) is 29.3 Å². The van der Waals surface area contributed by atoms with Crippen molar-refractivity contribution in [3.05, 3.63) is 64.3 Å². The van der Waals surface area contributed by atoms with Gasteiger partial charge < -0.3 is 14.8 Å². The van der Waals surface area contributed by atoms with E-state index in [4.69, 9.17) is 9.78 Å². The van der Waals surface area contributed by atoms with Gasteiger partial charge >= 0.3 is 6.03 Å². The van der Waals surface area contributed by atoms with Crippen LogP contribution in [0, 0.1) is 11.3 Å². The molecule has 1 aromatic carbocycles. The Bertz CT molecular complexity index is 1100. The van der Waals surface area contributed by atoms with E-state index in [0.29, 0.717) is 22.8 Å². The molecule has 28 heavy (non-hydrogen) atoms. The van der Waals surface area contributed by atoms with Crippen LogP contribution >= 0.6 is 0 Å². The molecule has 3 N–H and O–H groups in total. The first-order valence-electron chi connectivity index (χ1n) is 8.55. The lowest BCUT2D eigenvalue weighted by molar-refractivity contribution is 0.262. The summed E-state index contributed by atoms with van der Waals surface area (Å²) in [6.07, 6.45) is 1.54. The van der Waals surface area contributed by atoms with Crippen LogP contribution in [0.1, 0.15) is 32.1 Å².